The Hall–Kier alpha value is -1.57. The van der Waals surface area contributed by atoms with Gasteiger partial charge in [-0.1, -0.05) is 13.3 Å². The van der Waals surface area contributed by atoms with Crippen LogP contribution in [-0.2, 0) is 10.2 Å². The maximum Gasteiger partial charge on any atom is 0.302 e. The maximum atomic E-state index is 14.7. The van der Waals surface area contributed by atoms with Crippen molar-refractivity contribution in [2.24, 2.45) is 5.92 Å². The predicted octanol–water partition coefficient (Wildman–Crippen LogP) is 4.82. The van der Waals surface area contributed by atoms with Crippen LogP contribution in [0.4, 0.5) is 30.2 Å². The molecule has 0 aromatic heterocycles. The first kappa shape index (κ1) is 25.1. The molecule has 2 atom stereocenters. The molecule has 2 aromatic carbocycles. The molecule has 2 aromatic rings. The third-order valence-corrected chi connectivity index (χ3v) is 7.86. The molecule has 0 radical (unpaired) electrons. The monoisotopic (exact) mass is 582 g/mol. The van der Waals surface area contributed by atoms with Crippen molar-refractivity contribution >= 4 is 49.9 Å². The summed E-state index contributed by atoms with van der Waals surface area (Å²) in [5.74, 6) is -2.99. The Balaban J connectivity index is 1.96. The van der Waals surface area contributed by atoms with Crippen molar-refractivity contribution in [2.75, 3.05) is 30.2 Å². The zero-order valence-corrected chi connectivity index (χ0v) is 20.7. The second kappa shape index (κ2) is 10.6. The standard InChI is InChI=1S/C21H26F3IN4O2S/c1-3-13-5-4-10-29(19(13)12-26-2)32(30,31)28-18-9-7-15(22)20(24)21(18)27-17-8-6-14(25)11-16(17)23/h6-9,11,13,19,26-28H,3-5,10,12H2,1-2H3. The fraction of sp³-hybridized carbons (Fsp3) is 0.429. The molecular formula is C21H26F3IN4O2S. The summed E-state index contributed by atoms with van der Waals surface area (Å²) in [6.45, 7) is 2.80. The Bertz CT molecular complexity index is 1070. The number of halogens is 4. The van der Waals surface area contributed by atoms with Gasteiger partial charge in [0.05, 0.1) is 11.4 Å². The molecule has 2 unspecified atom stereocenters. The SMILES string of the molecule is CCC1CCCN(S(=O)(=O)Nc2ccc(F)c(F)c2Nc2ccc(I)cc2F)C1CNC. The average molecular weight is 582 g/mol. The van der Waals surface area contributed by atoms with Gasteiger partial charge in [-0.25, -0.2) is 13.2 Å². The van der Waals surface area contributed by atoms with E-state index >= 15 is 0 Å². The number of piperidine rings is 1. The van der Waals surface area contributed by atoms with Crippen LogP contribution >= 0.6 is 22.6 Å². The Morgan fingerprint density at radius 2 is 1.84 bits per heavy atom. The van der Waals surface area contributed by atoms with Gasteiger partial charge >= 0.3 is 10.2 Å². The maximum absolute atomic E-state index is 14.7. The van der Waals surface area contributed by atoms with Gasteiger partial charge in [-0.2, -0.15) is 12.7 Å². The Morgan fingerprint density at radius 3 is 2.50 bits per heavy atom. The molecule has 6 nitrogen and oxygen atoms in total. The van der Waals surface area contributed by atoms with Gasteiger partial charge in [0.2, 0.25) is 0 Å². The summed E-state index contributed by atoms with van der Waals surface area (Å²) in [6, 6.07) is 5.88. The highest BCUT2D eigenvalue weighted by atomic mass is 127. The first-order valence-electron chi connectivity index (χ1n) is 10.3. The van der Waals surface area contributed by atoms with Gasteiger partial charge in [0, 0.05) is 22.7 Å². The van der Waals surface area contributed by atoms with E-state index < -0.39 is 33.3 Å². The van der Waals surface area contributed by atoms with Crippen molar-refractivity contribution in [2.45, 2.75) is 32.2 Å². The van der Waals surface area contributed by atoms with Crippen LogP contribution in [0.25, 0.3) is 0 Å². The van der Waals surface area contributed by atoms with E-state index in [0.717, 1.165) is 25.0 Å². The lowest BCUT2D eigenvalue weighted by molar-refractivity contribution is 0.170. The fourth-order valence-electron chi connectivity index (χ4n) is 4.04. The summed E-state index contributed by atoms with van der Waals surface area (Å²) >= 11 is 1.92. The number of anilines is 3. The van der Waals surface area contributed by atoms with Crippen molar-refractivity contribution < 1.29 is 21.6 Å². The van der Waals surface area contributed by atoms with E-state index in [4.69, 9.17) is 0 Å². The third-order valence-electron chi connectivity index (χ3n) is 5.64. The minimum atomic E-state index is -4.09. The number of likely N-dealkylation sites (N-methyl/N-ethyl adjacent to an activating group) is 1. The molecule has 11 heteroatoms. The van der Waals surface area contributed by atoms with Crippen LogP contribution in [0.2, 0.25) is 0 Å². The van der Waals surface area contributed by atoms with Gasteiger partial charge in [0.15, 0.2) is 11.6 Å². The molecular weight excluding hydrogens is 556 g/mol. The number of nitrogens with one attached hydrogen (secondary N) is 3. The predicted molar refractivity (Wildman–Crippen MR) is 129 cm³/mol. The van der Waals surface area contributed by atoms with Gasteiger partial charge in [-0.3, -0.25) is 4.72 Å². The van der Waals surface area contributed by atoms with Crippen molar-refractivity contribution in [3.05, 3.63) is 51.4 Å². The second-order valence-electron chi connectivity index (χ2n) is 7.69. The van der Waals surface area contributed by atoms with Crippen molar-refractivity contribution in [3.63, 3.8) is 0 Å². The van der Waals surface area contributed by atoms with E-state index in [0.29, 0.717) is 23.1 Å². The molecule has 0 amide bonds. The van der Waals surface area contributed by atoms with Crippen LogP contribution in [0.5, 0.6) is 0 Å². The van der Waals surface area contributed by atoms with Crippen LogP contribution in [0.3, 0.4) is 0 Å². The largest absolute Gasteiger partial charge is 0.349 e. The molecule has 1 aliphatic rings. The molecule has 1 heterocycles. The van der Waals surface area contributed by atoms with Crippen LogP contribution in [0, 0.1) is 26.9 Å². The average Bonchev–Trinajstić information content (AvgIpc) is 2.75. The quantitative estimate of drug-likeness (QED) is 0.391. The van der Waals surface area contributed by atoms with Crippen LogP contribution in [0.1, 0.15) is 26.2 Å². The van der Waals surface area contributed by atoms with Gasteiger partial charge in [0.25, 0.3) is 0 Å². The molecule has 1 fully saturated rings. The summed E-state index contributed by atoms with van der Waals surface area (Å²) in [5.41, 5.74) is -0.793. The van der Waals surface area contributed by atoms with Crippen LogP contribution < -0.4 is 15.4 Å². The molecule has 3 rings (SSSR count). The smallest absolute Gasteiger partial charge is 0.302 e. The van der Waals surface area contributed by atoms with E-state index in [1.54, 1.807) is 13.1 Å². The van der Waals surface area contributed by atoms with Crippen molar-refractivity contribution in [3.8, 4) is 0 Å². The van der Waals surface area contributed by atoms with E-state index in [9.17, 15) is 21.6 Å². The van der Waals surface area contributed by atoms with Gasteiger partial charge in [-0.15, -0.1) is 0 Å². The summed E-state index contributed by atoms with van der Waals surface area (Å²) in [5, 5.41) is 5.55. The zero-order chi connectivity index (χ0) is 23.5. The minimum absolute atomic E-state index is 0.104. The van der Waals surface area contributed by atoms with Crippen molar-refractivity contribution in [1.29, 1.82) is 0 Å². The molecule has 176 valence electrons. The van der Waals surface area contributed by atoms with Gasteiger partial charge < -0.3 is 10.6 Å². The number of hydrogen-bond acceptors (Lipinski definition) is 4. The number of benzene rings is 2. The van der Waals surface area contributed by atoms with Crippen LogP contribution in [0.15, 0.2) is 30.3 Å². The highest BCUT2D eigenvalue weighted by molar-refractivity contribution is 14.1. The number of hydrogen-bond donors (Lipinski definition) is 3. The Morgan fingerprint density at radius 1 is 1.12 bits per heavy atom. The summed E-state index contributed by atoms with van der Waals surface area (Å²) < 4.78 is 73.9. The number of rotatable bonds is 8. The molecule has 1 saturated heterocycles. The molecule has 0 saturated carbocycles. The molecule has 1 aliphatic heterocycles. The topological polar surface area (TPSA) is 73.5 Å². The molecule has 0 bridgehead atoms. The lowest BCUT2D eigenvalue weighted by Crippen LogP contribution is -2.53. The summed E-state index contributed by atoms with van der Waals surface area (Å²) in [7, 11) is -2.34. The minimum Gasteiger partial charge on any atom is -0.349 e. The van der Waals surface area contributed by atoms with Crippen molar-refractivity contribution in [1.82, 2.24) is 9.62 Å². The highest BCUT2D eigenvalue weighted by Gasteiger charge is 2.37. The van der Waals surface area contributed by atoms with E-state index in [2.05, 4.69) is 15.4 Å². The Kier molecular flexibility index (Phi) is 8.28. The molecule has 0 aliphatic carbocycles. The fourth-order valence-corrected chi connectivity index (χ4v) is 6.03. The van der Waals surface area contributed by atoms with E-state index in [-0.39, 0.29) is 23.3 Å². The van der Waals surface area contributed by atoms with E-state index in [1.165, 1.54) is 16.4 Å². The first-order valence-corrected chi connectivity index (χ1v) is 12.8. The first-order chi connectivity index (χ1) is 15.2. The molecule has 32 heavy (non-hydrogen) atoms. The summed E-state index contributed by atoms with van der Waals surface area (Å²) in [6.07, 6.45) is 2.44. The lowest BCUT2D eigenvalue weighted by Gasteiger charge is -2.40. The highest BCUT2D eigenvalue weighted by Crippen LogP contribution is 2.34. The molecule has 0 spiro atoms. The lowest BCUT2D eigenvalue weighted by atomic mass is 9.88. The van der Waals surface area contributed by atoms with Gasteiger partial charge in [0.1, 0.15) is 11.5 Å². The Labute approximate surface area is 200 Å². The van der Waals surface area contributed by atoms with Gasteiger partial charge in [-0.05, 0) is 78.7 Å². The molecule has 3 N–H and O–H groups in total. The second-order valence-corrected chi connectivity index (χ2v) is 10.6. The zero-order valence-electron chi connectivity index (χ0n) is 17.8. The normalized spacial score (nSPS) is 19.7. The third kappa shape index (κ3) is 5.49. The summed E-state index contributed by atoms with van der Waals surface area (Å²) in [4.78, 5) is 0. The number of nitrogens with zero attached hydrogens (tertiary/aromatic N) is 1. The van der Waals surface area contributed by atoms with E-state index in [1.807, 2.05) is 29.5 Å². The van der Waals surface area contributed by atoms with Crippen LogP contribution in [-0.4, -0.2) is 38.9 Å².